The molecule has 0 radical (unpaired) electrons. The van der Waals surface area contributed by atoms with Crippen LogP contribution in [0, 0.1) is 5.92 Å². The average Bonchev–Trinajstić information content (AvgIpc) is 2.47. The Morgan fingerprint density at radius 2 is 2.16 bits per heavy atom. The van der Waals surface area contributed by atoms with Crippen molar-refractivity contribution in [1.29, 1.82) is 0 Å². The lowest BCUT2D eigenvalue weighted by atomic mass is 9.95. The van der Waals surface area contributed by atoms with Crippen LogP contribution in [0.3, 0.4) is 0 Å². The smallest absolute Gasteiger partial charge is 0.255 e. The minimum absolute atomic E-state index is 0.176. The first-order chi connectivity index (χ1) is 9.26. The summed E-state index contributed by atoms with van der Waals surface area (Å²) in [5, 5.41) is 3.27. The minimum atomic E-state index is 0.176. The van der Waals surface area contributed by atoms with E-state index in [-0.39, 0.29) is 5.91 Å². The van der Waals surface area contributed by atoms with E-state index in [1.54, 1.807) is 0 Å². The fourth-order valence-electron chi connectivity index (χ4n) is 2.77. The summed E-state index contributed by atoms with van der Waals surface area (Å²) < 4.78 is 0. The molecule has 1 aliphatic rings. The van der Waals surface area contributed by atoms with E-state index in [1.807, 2.05) is 29.2 Å². The molecule has 19 heavy (non-hydrogen) atoms. The van der Waals surface area contributed by atoms with Gasteiger partial charge in [-0.2, -0.15) is 0 Å². The van der Waals surface area contributed by atoms with Crippen LogP contribution in [0.4, 0.5) is 5.69 Å². The normalized spacial score (nSPS) is 19.3. The van der Waals surface area contributed by atoms with Crippen molar-refractivity contribution in [2.24, 2.45) is 5.92 Å². The molecule has 1 aromatic carbocycles. The van der Waals surface area contributed by atoms with Crippen LogP contribution < -0.4 is 5.32 Å². The monoisotopic (exact) mass is 260 g/mol. The zero-order valence-corrected chi connectivity index (χ0v) is 12.0. The number of benzene rings is 1. The van der Waals surface area contributed by atoms with Gasteiger partial charge in [-0.1, -0.05) is 25.5 Å². The number of para-hydroxylation sites is 1. The van der Waals surface area contributed by atoms with Gasteiger partial charge in [0.1, 0.15) is 0 Å². The number of rotatable bonds is 4. The molecule has 0 aromatic heterocycles. The lowest BCUT2D eigenvalue weighted by molar-refractivity contribution is 0.0672. The molecule has 0 bridgehead atoms. The molecule has 1 N–H and O–H groups in total. The van der Waals surface area contributed by atoms with Crippen LogP contribution in [0.25, 0.3) is 0 Å². The summed E-state index contributed by atoms with van der Waals surface area (Å²) in [4.78, 5) is 14.7. The van der Waals surface area contributed by atoms with E-state index in [0.29, 0.717) is 5.92 Å². The van der Waals surface area contributed by atoms with Crippen LogP contribution in [0.5, 0.6) is 0 Å². The number of likely N-dealkylation sites (tertiary alicyclic amines) is 1. The number of hydrogen-bond acceptors (Lipinski definition) is 2. The molecule has 0 aliphatic carbocycles. The summed E-state index contributed by atoms with van der Waals surface area (Å²) in [7, 11) is 0. The van der Waals surface area contributed by atoms with Crippen molar-refractivity contribution in [3.05, 3.63) is 29.8 Å². The maximum Gasteiger partial charge on any atom is 0.255 e. The standard InChI is InChI=1S/C16H24N2O/c1-3-13-8-7-11-18(12-13)16(19)14-9-5-6-10-15(14)17-4-2/h5-6,9-10,13,17H,3-4,7-8,11-12H2,1-2H3. The summed E-state index contributed by atoms with van der Waals surface area (Å²) in [6.07, 6.45) is 3.56. The number of carbonyl (C=O) groups excluding carboxylic acids is 1. The third-order valence-electron chi connectivity index (χ3n) is 3.91. The van der Waals surface area contributed by atoms with Gasteiger partial charge in [0.2, 0.25) is 0 Å². The first-order valence-electron chi connectivity index (χ1n) is 7.38. The molecule has 0 saturated carbocycles. The van der Waals surface area contributed by atoms with Crippen LogP contribution in [0.1, 0.15) is 43.5 Å². The number of piperidine rings is 1. The first-order valence-corrected chi connectivity index (χ1v) is 7.38. The zero-order chi connectivity index (χ0) is 13.7. The second kappa shape index (κ2) is 6.60. The number of carbonyl (C=O) groups is 1. The Hall–Kier alpha value is -1.51. The van der Waals surface area contributed by atoms with Crippen molar-refractivity contribution in [1.82, 2.24) is 4.90 Å². The summed E-state index contributed by atoms with van der Waals surface area (Å²) >= 11 is 0. The average molecular weight is 260 g/mol. The van der Waals surface area contributed by atoms with E-state index in [9.17, 15) is 4.79 Å². The quantitative estimate of drug-likeness (QED) is 0.900. The lowest BCUT2D eigenvalue weighted by Gasteiger charge is -2.32. The van der Waals surface area contributed by atoms with Gasteiger partial charge in [-0.3, -0.25) is 4.79 Å². The van der Waals surface area contributed by atoms with Gasteiger partial charge in [0.25, 0.3) is 5.91 Å². The fraction of sp³-hybridized carbons (Fsp3) is 0.562. The van der Waals surface area contributed by atoms with Crippen LogP contribution in [-0.4, -0.2) is 30.4 Å². The van der Waals surface area contributed by atoms with Crippen molar-refractivity contribution in [3.63, 3.8) is 0 Å². The van der Waals surface area contributed by atoms with Crippen LogP contribution in [0.15, 0.2) is 24.3 Å². The molecule has 1 aromatic rings. The molecular weight excluding hydrogens is 236 g/mol. The zero-order valence-electron chi connectivity index (χ0n) is 12.0. The van der Waals surface area contributed by atoms with Crippen molar-refractivity contribution in [2.45, 2.75) is 33.1 Å². The largest absolute Gasteiger partial charge is 0.385 e. The maximum absolute atomic E-state index is 12.6. The Bertz CT molecular complexity index is 431. The van der Waals surface area contributed by atoms with E-state index >= 15 is 0 Å². The van der Waals surface area contributed by atoms with Gasteiger partial charge >= 0.3 is 0 Å². The van der Waals surface area contributed by atoms with E-state index in [1.165, 1.54) is 12.8 Å². The third-order valence-corrected chi connectivity index (χ3v) is 3.91. The van der Waals surface area contributed by atoms with Gasteiger partial charge < -0.3 is 10.2 Å². The Kier molecular flexibility index (Phi) is 4.83. The first kappa shape index (κ1) is 13.9. The van der Waals surface area contributed by atoms with Gasteiger partial charge in [0.05, 0.1) is 5.56 Å². The van der Waals surface area contributed by atoms with E-state index in [0.717, 1.165) is 37.3 Å². The van der Waals surface area contributed by atoms with Gasteiger partial charge in [0.15, 0.2) is 0 Å². The SMILES string of the molecule is CCNc1ccccc1C(=O)N1CCCC(CC)C1. The van der Waals surface area contributed by atoms with Gasteiger partial charge in [-0.15, -0.1) is 0 Å². The molecule has 3 nitrogen and oxygen atoms in total. The third kappa shape index (κ3) is 3.28. The predicted octanol–water partition coefficient (Wildman–Crippen LogP) is 3.38. The lowest BCUT2D eigenvalue weighted by Crippen LogP contribution is -2.40. The van der Waals surface area contributed by atoms with Crippen LogP contribution >= 0.6 is 0 Å². The fourth-order valence-corrected chi connectivity index (χ4v) is 2.77. The van der Waals surface area contributed by atoms with Crippen LogP contribution in [0.2, 0.25) is 0 Å². The predicted molar refractivity (Wildman–Crippen MR) is 79.5 cm³/mol. The Balaban J connectivity index is 2.14. The van der Waals surface area contributed by atoms with Crippen LogP contribution in [-0.2, 0) is 0 Å². The van der Waals surface area contributed by atoms with Gasteiger partial charge in [-0.05, 0) is 37.8 Å². The molecule has 1 heterocycles. The second-order valence-electron chi connectivity index (χ2n) is 5.24. The molecule has 2 rings (SSSR count). The Morgan fingerprint density at radius 1 is 1.37 bits per heavy atom. The van der Waals surface area contributed by atoms with Gasteiger partial charge in [-0.25, -0.2) is 0 Å². The van der Waals surface area contributed by atoms with Crippen molar-refractivity contribution in [3.8, 4) is 0 Å². The molecule has 1 atom stereocenters. The molecule has 1 saturated heterocycles. The molecular formula is C16H24N2O. The molecule has 1 aliphatic heterocycles. The molecule has 1 unspecified atom stereocenters. The Morgan fingerprint density at radius 3 is 2.89 bits per heavy atom. The molecule has 104 valence electrons. The number of anilines is 1. The van der Waals surface area contributed by atoms with E-state index in [4.69, 9.17) is 0 Å². The summed E-state index contributed by atoms with van der Waals surface area (Å²) in [6, 6.07) is 7.82. The number of nitrogens with zero attached hydrogens (tertiary/aromatic N) is 1. The summed E-state index contributed by atoms with van der Waals surface area (Å²) in [6.45, 7) is 6.91. The van der Waals surface area contributed by atoms with E-state index in [2.05, 4.69) is 19.2 Å². The highest BCUT2D eigenvalue weighted by atomic mass is 16.2. The number of hydrogen-bond donors (Lipinski definition) is 1. The minimum Gasteiger partial charge on any atom is -0.385 e. The maximum atomic E-state index is 12.6. The van der Waals surface area contributed by atoms with Crippen molar-refractivity contribution in [2.75, 3.05) is 25.0 Å². The molecule has 3 heteroatoms. The second-order valence-corrected chi connectivity index (χ2v) is 5.24. The number of nitrogens with one attached hydrogen (secondary N) is 1. The Labute approximate surface area is 116 Å². The topological polar surface area (TPSA) is 32.3 Å². The van der Waals surface area contributed by atoms with E-state index < -0.39 is 0 Å². The number of amides is 1. The summed E-state index contributed by atoms with van der Waals surface area (Å²) in [5.74, 6) is 0.846. The van der Waals surface area contributed by atoms with Crippen molar-refractivity contribution >= 4 is 11.6 Å². The molecule has 1 amide bonds. The molecule has 0 spiro atoms. The molecule has 1 fully saturated rings. The van der Waals surface area contributed by atoms with Crippen molar-refractivity contribution < 1.29 is 4.79 Å². The highest BCUT2D eigenvalue weighted by Gasteiger charge is 2.24. The van der Waals surface area contributed by atoms with Gasteiger partial charge in [0, 0.05) is 25.3 Å². The highest BCUT2D eigenvalue weighted by molar-refractivity contribution is 5.99. The highest BCUT2D eigenvalue weighted by Crippen LogP contribution is 2.23. The summed E-state index contributed by atoms with van der Waals surface area (Å²) in [5.41, 5.74) is 1.76.